The predicted octanol–water partition coefficient (Wildman–Crippen LogP) is 4.99. The second-order valence-corrected chi connectivity index (χ2v) is 9.71. The summed E-state index contributed by atoms with van der Waals surface area (Å²) in [4.78, 5) is 0. The number of nitrogens with two attached hydrogens (primary N) is 1. The van der Waals surface area contributed by atoms with Crippen LogP contribution in [0, 0.1) is 40.4 Å². The second kappa shape index (κ2) is 4.73. The van der Waals surface area contributed by atoms with E-state index in [-0.39, 0.29) is 0 Å². The molecule has 0 radical (unpaired) electrons. The van der Waals surface area contributed by atoms with Gasteiger partial charge >= 0.3 is 0 Å². The molecule has 0 aromatic heterocycles. The molecule has 120 valence electrons. The first-order valence-corrected chi connectivity index (χ1v) is 9.71. The van der Waals surface area contributed by atoms with Crippen LogP contribution in [-0.2, 0) is 0 Å². The zero-order chi connectivity index (χ0) is 14.8. The van der Waals surface area contributed by atoms with Crippen LogP contribution in [0.1, 0.15) is 78.6 Å². The van der Waals surface area contributed by atoms with Gasteiger partial charge in [-0.25, -0.2) is 0 Å². The van der Waals surface area contributed by atoms with Gasteiger partial charge in [0.05, 0.1) is 0 Å². The molecule has 0 saturated heterocycles. The van der Waals surface area contributed by atoms with Gasteiger partial charge in [0.1, 0.15) is 0 Å². The lowest BCUT2D eigenvalue weighted by atomic mass is 9.44. The monoisotopic (exact) mass is 289 g/mol. The second-order valence-electron chi connectivity index (χ2n) is 9.71. The van der Waals surface area contributed by atoms with Gasteiger partial charge in [-0.3, -0.25) is 0 Å². The fourth-order valence-corrected chi connectivity index (χ4v) is 7.55. The molecular weight excluding hydrogens is 254 g/mol. The van der Waals surface area contributed by atoms with Gasteiger partial charge in [-0.2, -0.15) is 0 Å². The molecule has 4 aliphatic rings. The summed E-state index contributed by atoms with van der Waals surface area (Å²) in [6.45, 7) is 7.82. The quantitative estimate of drug-likeness (QED) is 0.668. The average Bonchev–Trinajstić information content (AvgIpc) is 2.76. The summed E-state index contributed by atoms with van der Waals surface area (Å²) in [6, 6.07) is 0.500. The normalized spacial score (nSPS) is 60.0. The number of fused-ring (bicyclic) bond motifs is 5. The van der Waals surface area contributed by atoms with E-state index in [0.717, 1.165) is 29.6 Å². The van der Waals surface area contributed by atoms with Gasteiger partial charge in [0.25, 0.3) is 0 Å². The smallest absolute Gasteiger partial charge is 0.00418 e. The molecule has 0 aromatic rings. The SMILES string of the molecule is C[C@H]1CC[C@H]2[C@@H]3CC[C@H]4C[C@H](N)CC[C@]4(C)[C@H]3CC[C@]12C. The van der Waals surface area contributed by atoms with Crippen molar-refractivity contribution >= 4 is 0 Å². The van der Waals surface area contributed by atoms with Crippen LogP contribution in [-0.4, -0.2) is 6.04 Å². The van der Waals surface area contributed by atoms with Gasteiger partial charge in [-0.15, -0.1) is 0 Å². The molecule has 4 rings (SSSR count). The molecule has 8 atom stereocenters. The largest absolute Gasteiger partial charge is 0.328 e. The van der Waals surface area contributed by atoms with Crippen molar-refractivity contribution in [3.63, 3.8) is 0 Å². The van der Waals surface area contributed by atoms with Crippen molar-refractivity contribution in [2.45, 2.75) is 84.6 Å². The lowest BCUT2D eigenvalue weighted by Gasteiger charge is -2.61. The average molecular weight is 290 g/mol. The highest BCUT2D eigenvalue weighted by Crippen LogP contribution is 2.67. The summed E-state index contributed by atoms with van der Waals surface area (Å²) in [6.07, 6.45) is 13.1. The Morgan fingerprint density at radius 2 is 1.52 bits per heavy atom. The van der Waals surface area contributed by atoms with E-state index in [2.05, 4.69) is 20.8 Å². The molecule has 0 unspecified atom stereocenters. The molecule has 0 heterocycles. The van der Waals surface area contributed by atoms with Crippen LogP contribution in [0.25, 0.3) is 0 Å². The topological polar surface area (TPSA) is 26.0 Å². The summed E-state index contributed by atoms with van der Waals surface area (Å²) in [5.41, 5.74) is 7.60. The van der Waals surface area contributed by atoms with E-state index in [1.54, 1.807) is 0 Å². The lowest BCUT2D eigenvalue weighted by molar-refractivity contribution is -0.111. The maximum atomic E-state index is 6.29. The highest BCUT2D eigenvalue weighted by Gasteiger charge is 2.59. The van der Waals surface area contributed by atoms with Crippen LogP contribution in [0.2, 0.25) is 0 Å². The fraction of sp³-hybridized carbons (Fsp3) is 1.00. The molecule has 0 spiro atoms. The van der Waals surface area contributed by atoms with Crippen LogP contribution < -0.4 is 5.73 Å². The van der Waals surface area contributed by atoms with Crippen molar-refractivity contribution in [3.8, 4) is 0 Å². The molecule has 0 aromatic carbocycles. The van der Waals surface area contributed by atoms with E-state index in [0.29, 0.717) is 16.9 Å². The zero-order valence-corrected chi connectivity index (χ0v) is 14.4. The number of hydrogen-bond acceptors (Lipinski definition) is 1. The first kappa shape index (κ1) is 14.5. The van der Waals surface area contributed by atoms with Crippen molar-refractivity contribution in [2.75, 3.05) is 0 Å². The van der Waals surface area contributed by atoms with Crippen molar-refractivity contribution in [2.24, 2.45) is 46.2 Å². The summed E-state index contributed by atoms with van der Waals surface area (Å²) >= 11 is 0. The molecule has 0 amide bonds. The summed E-state index contributed by atoms with van der Waals surface area (Å²) in [5.74, 6) is 5.01. The Balaban J connectivity index is 1.62. The standard InChI is InChI=1S/C20H35N/c1-13-4-7-17-16-6-5-14-12-15(21)8-10-20(14,3)18(16)9-11-19(13,17)2/h13-18H,4-12,21H2,1-3H3/t13-,14-,15+,16-,17-,18-,19+,20-/m0/s1. The van der Waals surface area contributed by atoms with Crippen molar-refractivity contribution in [3.05, 3.63) is 0 Å². The Bertz CT molecular complexity index is 418. The predicted molar refractivity (Wildman–Crippen MR) is 88.9 cm³/mol. The Kier molecular flexibility index (Phi) is 3.27. The molecule has 1 heteroatoms. The Morgan fingerprint density at radius 1 is 0.810 bits per heavy atom. The van der Waals surface area contributed by atoms with E-state index >= 15 is 0 Å². The molecule has 21 heavy (non-hydrogen) atoms. The van der Waals surface area contributed by atoms with E-state index in [4.69, 9.17) is 5.73 Å². The molecule has 0 aliphatic heterocycles. The van der Waals surface area contributed by atoms with Gasteiger partial charge in [-0.05, 0) is 98.2 Å². The van der Waals surface area contributed by atoms with Gasteiger partial charge in [0, 0.05) is 6.04 Å². The minimum Gasteiger partial charge on any atom is -0.328 e. The Hall–Kier alpha value is -0.0400. The Morgan fingerprint density at radius 3 is 2.33 bits per heavy atom. The summed E-state index contributed by atoms with van der Waals surface area (Å²) in [5, 5.41) is 0. The maximum absolute atomic E-state index is 6.29. The van der Waals surface area contributed by atoms with Crippen LogP contribution in [0.4, 0.5) is 0 Å². The first-order chi connectivity index (χ1) is 9.95. The van der Waals surface area contributed by atoms with Crippen LogP contribution >= 0.6 is 0 Å². The number of rotatable bonds is 0. The minimum absolute atomic E-state index is 0.500. The van der Waals surface area contributed by atoms with Crippen molar-refractivity contribution in [1.82, 2.24) is 0 Å². The Labute approximate surface area is 131 Å². The zero-order valence-electron chi connectivity index (χ0n) is 14.4. The number of hydrogen-bond donors (Lipinski definition) is 1. The van der Waals surface area contributed by atoms with Gasteiger partial charge < -0.3 is 5.73 Å². The third-order valence-corrected chi connectivity index (χ3v) is 9.18. The molecule has 4 fully saturated rings. The summed E-state index contributed by atoms with van der Waals surface area (Å²) in [7, 11) is 0. The molecule has 2 N–H and O–H groups in total. The first-order valence-electron chi connectivity index (χ1n) is 9.71. The van der Waals surface area contributed by atoms with Crippen LogP contribution in [0.3, 0.4) is 0 Å². The van der Waals surface area contributed by atoms with E-state index in [1.807, 2.05) is 0 Å². The maximum Gasteiger partial charge on any atom is 0.00418 e. The minimum atomic E-state index is 0.500. The van der Waals surface area contributed by atoms with Crippen LogP contribution in [0.5, 0.6) is 0 Å². The molecule has 1 nitrogen and oxygen atoms in total. The molecule has 4 saturated carbocycles. The summed E-state index contributed by atoms with van der Waals surface area (Å²) < 4.78 is 0. The fourth-order valence-electron chi connectivity index (χ4n) is 7.55. The molecular formula is C20H35N. The van der Waals surface area contributed by atoms with E-state index in [9.17, 15) is 0 Å². The molecule has 0 bridgehead atoms. The van der Waals surface area contributed by atoms with E-state index in [1.165, 1.54) is 57.8 Å². The van der Waals surface area contributed by atoms with Gasteiger partial charge in [0.2, 0.25) is 0 Å². The highest BCUT2D eigenvalue weighted by atomic mass is 14.7. The third-order valence-electron chi connectivity index (χ3n) is 9.18. The van der Waals surface area contributed by atoms with Crippen molar-refractivity contribution < 1.29 is 0 Å². The van der Waals surface area contributed by atoms with Gasteiger partial charge in [-0.1, -0.05) is 20.8 Å². The van der Waals surface area contributed by atoms with Crippen LogP contribution in [0.15, 0.2) is 0 Å². The van der Waals surface area contributed by atoms with E-state index < -0.39 is 0 Å². The lowest BCUT2D eigenvalue weighted by Crippen LogP contribution is -2.54. The molecule has 4 aliphatic carbocycles. The van der Waals surface area contributed by atoms with Crippen molar-refractivity contribution in [1.29, 1.82) is 0 Å². The third kappa shape index (κ3) is 1.92. The van der Waals surface area contributed by atoms with Gasteiger partial charge in [0.15, 0.2) is 0 Å². The highest BCUT2D eigenvalue weighted by molar-refractivity contribution is 5.08.